The van der Waals surface area contributed by atoms with Crippen molar-refractivity contribution in [2.75, 3.05) is 0 Å². The van der Waals surface area contributed by atoms with Crippen LogP contribution < -0.4 is 0 Å². The summed E-state index contributed by atoms with van der Waals surface area (Å²) in [5.41, 5.74) is 0.968. The molecule has 2 aromatic carbocycles. The molecule has 4 heteroatoms. The summed E-state index contributed by atoms with van der Waals surface area (Å²) in [6.45, 7) is 0. The molecule has 0 atom stereocenters. The number of hydrogen-bond donors (Lipinski definition) is 0. The largest absolute Gasteiger partial charge is 0.289 e. The van der Waals surface area contributed by atoms with Crippen LogP contribution in [0, 0.1) is 5.82 Å². The molecule has 0 saturated carbocycles. The second-order valence-corrected chi connectivity index (χ2v) is 5.86. The van der Waals surface area contributed by atoms with Gasteiger partial charge in [0.05, 0.1) is 0 Å². The predicted molar refractivity (Wildman–Crippen MR) is 79.4 cm³/mol. The van der Waals surface area contributed by atoms with Gasteiger partial charge in [-0.15, -0.1) is 11.3 Å². The first-order valence-corrected chi connectivity index (χ1v) is 7.30. The van der Waals surface area contributed by atoms with Gasteiger partial charge in [0.1, 0.15) is 5.82 Å². The number of fused-ring (bicyclic) bond motifs is 1. The first-order chi connectivity index (χ1) is 9.16. The Morgan fingerprint density at radius 3 is 2.74 bits per heavy atom. The first kappa shape index (κ1) is 12.5. The molecule has 1 aromatic heterocycles. The highest BCUT2D eigenvalue weighted by molar-refractivity contribution is 9.10. The molecule has 0 aliphatic rings. The maximum atomic E-state index is 13.3. The Hall–Kier alpha value is -1.52. The highest BCUT2D eigenvalue weighted by Gasteiger charge is 2.17. The minimum absolute atomic E-state index is 0.163. The van der Waals surface area contributed by atoms with Gasteiger partial charge in [0, 0.05) is 31.1 Å². The summed E-state index contributed by atoms with van der Waals surface area (Å²) in [6, 6.07) is 11.9. The van der Waals surface area contributed by atoms with Crippen molar-refractivity contribution in [3.63, 3.8) is 0 Å². The van der Waals surface area contributed by atoms with Crippen LogP contribution in [0.25, 0.3) is 10.1 Å². The molecule has 3 rings (SSSR count). The molecule has 0 unspecified atom stereocenters. The van der Waals surface area contributed by atoms with E-state index in [0.29, 0.717) is 15.6 Å². The Morgan fingerprint density at radius 1 is 1.11 bits per heavy atom. The second-order valence-electron chi connectivity index (χ2n) is 4.10. The molecule has 0 spiro atoms. The summed E-state index contributed by atoms with van der Waals surface area (Å²) < 4.78 is 15.0. The number of carbonyl (C=O) groups excluding carboxylic acids is 1. The van der Waals surface area contributed by atoms with Crippen LogP contribution in [0.3, 0.4) is 0 Å². The Kier molecular flexibility index (Phi) is 3.21. The third-order valence-corrected chi connectivity index (χ3v) is 4.55. The van der Waals surface area contributed by atoms with Crippen molar-refractivity contribution in [1.82, 2.24) is 0 Å². The zero-order valence-corrected chi connectivity index (χ0v) is 12.1. The molecular weight excluding hydrogens is 327 g/mol. The smallest absolute Gasteiger partial charge is 0.195 e. The van der Waals surface area contributed by atoms with Crippen LogP contribution in [-0.4, -0.2) is 5.78 Å². The molecule has 19 heavy (non-hydrogen) atoms. The quantitative estimate of drug-likeness (QED) is 0.600. The van der Waals surface area contributed by atoms with Crippen molar-refractivity contribution in [2.24, 2.45) is 0 Å². The summed E-state index contributed by atoms with van der Waals surface area (Å²) in [7, 11) is 0. The highest BCUT2D eigenvalue weighted by atomic mass is 79.9. The second kappa shape index (κ2) is 4.87. The summed E-state index contributed by atoms with van der Waals surface area (Å²) in [6.07, 6.45) is 0. The molecule has 1 nitrogen and oxygen atoms in total. The summed E-state index contributed by atoms with van der Waals surface area (Å²) >= 11 is 4.81. The topological polar surface area (TPSA) is 17.1 Å². The summed E-state index contributed by atoms with van der Waals surface area (Å²) in [4.78, 5) is 12.5. The number of rotatable bonds is 2. The van der Waals surface area contributed by atoms with E-state index < -0.39 is 5.82 Å². The van der Waals surface area contributed by atoms with Crippen LogP contribution in [0.2, 0.25) is 0 Å². The molecular formula is C15H8BrFOS. The Morgan fingerprint density at radius 2 is 1.89 bits per heavy atom. The van der Waals surface area contributed by atoms with Crippen molar-refractivity contribution in [2.45, 2.75) is 0 Å². The van der Waals surface area contributed by atoms with E-state index >= 15 is 0 Å². The van der Waals surface area contributed by atoms with Gasteiger partial charge in [0.25, 0.3) is 0 Å². The van der Waals surface area contributed by atoms with Crippen molar-refractivity contribution >= 4 is 43.1 Å². The minimum atomic E-state index is -0.411. The van der Waals surface area contributed by atoms with Gasteiger partial charge in [-0.25, -0.2) is 4.39 Å². The zero-order chi connectivity index (χ0) is 13.4. The van der Waals surface area contributed by atoms with E-state index in [1.807, 2.05) is 29.6 Å². The Balaban J connectivity index is 2.16. The number of ketones is 1. The molecule has 0 aliphatic heterocycles. The fourth-order valence-corrected chi connectivity index (χ4v) is 3.34. The number of benzene rings is 2. The highest BCUT2D eigenvalue weighted by Crippen LogP contribution is 2.29. The average Bonchev–Trinajstić information content (AvgIpc) is 2.84. The number of carbonyl (C=O) groups is 1. The Labute approximate surface area is 121 Å². The van der Waals surface area contributed by atoms with Crippen LogP contribution >= 0.6 is 27.3 Å². The van der Waals surface area contributed by atoms with Crippen LogP contribution in [0.4, 0.5) is 4.39 Å². The van der Waals surface area contributed by atoms with E-state index in [2.05, 4.69) is 15.9 Å². The number of thiophene rings is 1. The van der Waals surface area contributed by atoms with Crippen LogP contribution in [0.15, 0.2) is 52.3 Å². The van der Waals surface area contributed by atoms with Gasteiger partial charge in [-0.05, 0) is 24.3 Å². The van der Waals surface area contributed by atoms with Gasteiger partial charge in [0.2, 0.25) is 0 Å². The van der Waals surface area contributed by atoms with E-state index in [0.717, 1.165) is 10.1 Å². The lowest BCUT2D eigenvalue weighted by Crippen LogP contribution is -2.02. The van der Waals surface area contributed by atoms with Crippen molar-refractivity contribution in [1.29, 1.82) is 0 Å². The standard InChI is InChI=1S/C15H8BrFOS/c16-13-6-5-9(17)7-11(13)15(18)12-8-19-14-4-2-1-3-10(12)14/h1-8H. The number of hydrogen-bond acceptors (Lipinski definition) is 2. The lowest BCUT2D eigenvalue weighted by atomic mass is 10.0. The minimum Gasteiger partial charge on any atom is -0.289 e. The fraction of sp³-hybridized carbons (Fsp3) is 0. The van der Waals surface area contributed by atoms with Crippen molar-refractivity contribution in [3.05, 3.63) is 69.3 Å². The molecule has 0 aliphatic carbocycles. The zero-order valence-electron chi connectivity index (χ0n) is 9.69. The molecule has 0 bridgehead atoms. The summed E-state index contributed by atoms with van der Waals surface area (Å²) in [5.74, 6) is -0.574. The van der Waals surface area contributed by atoms with Gasteiger partial charge < -0.3 is 0 Å². The number of halogens is 2. The molecule has 3 aromatic rings. The first-order valence-electron chi connectivity index (χ1n) is 5.63. The van der Waals surface area contributed by atoms with Gasteiger partial charge in [0.15, 0.2) is 5.78 Å². The summed E-state index contributed by atoms with van der Waals surface area (Å²) in [5, 5.41) is 2.73. The molecule has 1 heterocycles. The molecule has 94 valence electrons. The van der Waals surface area contributed by atoms with E-state index in [9.17, 15) is 9.18 Å². The van der Waals surface area contributed by atoms with Gasteiger partial charge in [-0.1, -0.05) is 34.1 Å². The van der Waals surface area contributed by atoms with E-state index in [-0.39, 0.29) is 5.78 Å². The van der Waals surface area contributed by atoms with Gasteiger partial charge >= 0.3 is 0 Å². The molecule has 0 fully saturated rings. The molecule has 0 amide bonds. The average molecular weight is 335 g/mol. The van der Waals surface area contributed by atoms with Crippen LogP contribution in [0.5, 0.6) is 0 Å². The SMILES string of the molecule is O=C(c1cc(F)ccc1Br)c1csc2ccccc12. The van der Waals surface area contributed by atoms with E-state index in [1.165, 1.54) is 23.5 Å². The maximum Gasteiger partial charge on any atom is 0.195 e. The van der Waals surface area contributed by atoms with Crippen LogP contribution in [0.1, 0.15) is 15.9 Å². The van der Waals surface area contributed by atoms with Crippen molar-refractivity contribution < 1.29 is 9.18 Å². The van der Waals surface area contributed by atoms with Crippen molar-refractivity contribution in [3.8, 4) is 0 Å². The van der Waals surface area contributed by atoms with Crippen LogP contribution in [-0.2, 0) is 0 Å². The fourth-order valence-electron chi connectivity index (χ4n) is 1.97. The van der Waals surface area contributed by atoms with E-state index in [1.54, 1.807) is 6.07 Å². The third-order valence-electron chi connectivity index (χ3n) is 2.90. The van der Waals surface area contributed by atoms with Gasteiger partial charge in [-0.3, -0.25) is 4.79 Å². The molecule has 0 radical (unpaired) electrons. The molecule has 0 N–H and O–H groups in total. The lowest BCUT2D eigenvalue weighted by Gasteiger charge is -2.03. The predicted octanol–water partition coefficient (Wildman–Crippen LogP) is 5.03. The lowest BCUT2D eigenvalue weighted by molar-refractivity contribution is 0.103. The van der Waals surface area contributed by atoms with E-state index in [4.69, 9.17) is 0 Å². The monoisotopic (exact) mass is 334 g/mol. The van der Waals surface area contributed by atoms with Gasteiger partial charge in [-0.2, -0.15) is 0 Å². The Bertz CT molecular complexity index is 779. The normalized spacial score (nSPS) is 10.8. The third kappa shape index (κ3) is 2.22. The maximum absolute atomic E-state index is 13.3. The molecule has 0 saturated heterocycles.